The summed E-state index contributed by atoms with van der Waals surface area (Å²) in [5.74, 6) is -3.19. The first-order valence-corrected chi connectivity index (χ1v) is 7.15. The Labute approximate surface area is 140 Å². The highest BCUT2D eigenvalue weighted by atomic mass is 19.1. The molecule has 128 valence electrons. The Bertz CT molecular complexity index is 941. The monoisotopic (exact) mass is 348 g/mol. The highest BCUT2D eigenvalue weighted by molar-refractivity contribution is 5.97. The fourth-order valence-electron chi connectivity index (χ4n) is 2.20. The van der Waals surface area contributed by atoms with E-state index in [1.54, 1.807) is 6.07 Å². The van der Waals surface area contributed by atoms with Crippen LogP contribution in [0.15, 0.2) is 40.8 Å². The summed E-state index contributed by atoms with van der Waals surface area (Å²) in [5.41, 5.74) is 0.00578. The molecule has 0 spiro atoms. The van der Waals surface area contributed by atoms with E-state index in [-0.39, 0.29) is 29.7 Å². The van der Waals surface area contributed by atoms with Crippen molar-refractivity contribution in [3.05, 3.63) is 65.3 Å². The molecule has 0 bridgehead atoms. The van der Waals surface area contributed by atoms with Crippen LogP contribution in [0.4, 0.5) is 13.2 Å². The quantitative estimate of drug-likeness (QED) is 0.654. The second-order valence-corrected chi connectivity index (χ2v) is 5.12. The predicted molar refractivity (Wildman–Crippen MR) is 80.4 cm³/mol. The summed E-state index contributed by atoms with van der Waals surface area (Å²) < 4.78 is 50.8. The van der Waals surface area contributed by atoms with Crippen LogP contribution in [0.25, 0.3) is 11.5 Å². The molecular weight excluding hydrogens is 337 g/mol. The highest BCUT2D eigenvalue weighted by Gasteiger charge is 2.18. The van der Waals surface area contributed by atoms with Crippen molar-refractivity contribution in [3.8, 4) is 17.2 Å². The number of carbonyl (C=O) groups excluding carboxylic acids is 1. The van der Waals surface area contributed by atoms with Crippen LogP contribution in [0, 0.1) is 17.5 Å². The Morgan fingerprint density at radius 1 is 1.12 bits per heavy atom. The molecule has 0 radical (unpaired) electrons. The van der Waals surface area contributed by atoms with Gasteiger partial charge in [0, 0.05) is 17.7 Å². The Morgan fingerprint density at radius 3 is 2.64 bits per heavy atom. The van der Waals surface area contributed by atoms with Crippen molar-refractivity contribution in [3.63, 3.8) is 0 Å². The highest BCUT2D eigenvalue weighted by Crippen LogP contribution is 2.25. The number of nitrogens with zero attached hydrogens (tertiary/aromatic N) is 2. The van der Waals surface area contributed by atoms with Crippen molar-refractivity contribution in [2.24, 2.45) is 0 Å². The van der Waals surface area contributed by atoms with E-state index in [1.807, 2.05) is 0 Å². The van der Waals surface area contributed by atoms with E-state index in [4.69, 9.17) is 9.15 Å². The predicted octanol–water partition coefficient (Wildman–Crippen LogP) is 3.94. The molecule has 5 nitrogen and oxygen atoms in total. The third-order valence-corrected chi connectivity index (χ3v) is 3.26. The molecule has 0 fully saturated rings. The Morgan fingerprint density at radius 2 is 1.92 bits per heavy atom. The zero-order valence-electron chi connectivity index (χ0n) is 12.9. The third-order valence-electron chi connectivity index (χ3n) is 3.26. The van der Waals surface area contributed by atoms with E-state index in [1.165, 1.54) is 18.2 Å². The average molecular weight is 348 g/mol. The molecule has 0 unspecified atom stereocenters. The van der Waals surface area contributed by atoms with E-state index >= 15 is 0 Å². The van der Waals surface area contributed by atoms with Crippen LogP contribution in [0.3, 0.4) is 0 Å². The fourth-order valence-corrected chi connectivity index (χ4v) is 2.20. The normalized spacial score (nSPS) is 10.7. The number of ether oxygens (including phenoxy) is 1. The molecule has 0 aliphatic rings. The fraction of sp³-hybridized carbons (Fsp3) is 0.118. The second kappa shape index (κ2) is 6.76. The first-order valence-electron chi connectivity index (χ1n) is 7.15. The lowest BCUT2D eigenvalue weighted by atomic mass is 10.1. The van der Waals surface area contributed by atoms with Gasteiger partial charge in [-0.05, 0) is 25.1 Å². The number of benzene rings is 2. The molecule has 1 heterocycles. The number of aromatic nitrogens is 2. The van der Waals surface area contributed by atoms with Gasteiger partial charge in [-0.25, -0.2) is 13.2 Å². The van der Waals surface area contributed by atoms with Crippen LogP contribution in [-0.4, -0.2) is 16.0 Å². The number of Topliss-reactive ketones (excluding diaryl/α,β-unsaturated/α-hetero) is 1. The van der Waals surface area contributed by atoms with Crippen LogP contribution in [-0.2, 0) is 6.61 Å². The lowest BCUT2D eigenvalue weighted by Gasteiger charge is -2.09. The van der Waals surface area contributed by atoms with Gasteiger partial charge in [0.15, 0.2) is 12.4 Å². The van der Waals surface area contributed by atoms with E-state index in [0.717, 1.165) is 13.0 Å². The summed E-state index contributed by atoms with van der Waals surface area (Å²) in [6, 6.07) is 7.04. The van der Waals surface area contributed by atoms with Crippen molar-refractivity contribution in [1.82, 2.24) is 10.2 Å². The molecule has 25 heavy (non-hydrogen) atoms. The number of hydrogen-bond donors (Lipinski definition) is 0. The first-order chi connectivity index (χ1) is 11.9. The Kier molecular flexibility index (Phi) is 4.51. The molecular formula is C17H11F3N2O3. The van der Waals surface area contributed by atoms with E-state index in [2.05, 4.69) is 10.2 Å². The zero-order valence-corrected chi connectivity index (χ0v) is 12.9. The van der Waals surface area contributed by atoms with Gasteiger partial charge < -0.3 is 9.15 Å². The molecule has 0 aliphatic carbocycles. The molecule has 0 saturated heterocycles. The summed E-state index contributed by atoms with van der Waals surface area (Å²) in [5, 5.41) is 7.47. The summed E-state index contributed by atoms with van der Waals surface area (Å²) in [6.07, 6.45) is 0. The minimum absolute atomic E-state index is 0.00145. The van der Waals surface area contributed by atoms with Gasteiger partial charge in [0.25, 0.3) is 5.89 Å². The van der Waals surface area contributed by atoms with Gasteiger partial charge in [-0.15, -0.1) is 10.2 Å². The smallest absolute Gasteiger partial charge is 0.254 e. The van der Waals surface area contributed by atoms with Crippen LogP contribution >= 0.6 is 0 Å². The van der Waals surface area contributed by atoms with Gasteiger partial charge in [-0.1, -0.05) is 6.07 Å². The van der Waals surface area contributed by atoms with Crippen molar-refractivity contribution < 1.29 is 27.1 Å². The molecule has 8 heteroatoms. The maximum Gasteiger partial charge on any atom is 0.254 e. The van der Waals surface area contributed by atoms with Crippen LogP contribution in [0.5, 0.6) is 5.75 Å². The first kappa shape index (κ1) is 16.7. The van der Waals surface area contributed by atoms with E-state index < -0.39 is 23.2 Å². The molecule has 0 saturated carbocycles. The number of ketones is 1. The number of carbonyl (C=O) groups is 1. The molecule has 0 atom stereocenters. The third kappa shape index (κ3) is 3.68. The molecule has 3 aromatic rings. The van der Waals surface area contributed by atoms with Gasteiger partial charge in [0.1, 0.15) is 23.2 Å². The van der Waals surface area contributed by atoms with Crippen molar-refractivity contribution in [2.75, 3.05) is 0 Å². The van der Waals surface area contributed by atoms with Gasteiger partial charge >= 0.3 is 0 Å². The van der Waals surface area contributed by atoms with Gasteiger partial charge in [-0.3, -0.25) is 4.79 Å². The standard InChI is InChI=1S/C17H11F3N2O3/c1-9(23)16-13(20)6-12(19)7-14(16)24-8-15-21-22-17(25-15)10-3-2-4-11(18)5-10/h2-7H,8H2,1H3. The summed E-state index contributed by atoms with van der Waals surface area (Å²) >= 11 is 0. The number of hydrogen-bond acceptors (Lipinski definition) is 5. The van der Waals surface area contributed by atoms with E-state index in [9.17, 15) is 18.0 Å². The molecule has 0 amide bonds. The number of rotatable bonds is 5. The van der Waals surface area contributed by atoms with Crippen molar-refractivity contribution in [2.45, 2.75) is 13.5 Å². The van der Waals surface area contributed by atoms with Crippen molar-refractivity contribution >= 4 is 5.78 Å². The summed E-state index contributed by atoms with van der Waals surface area (Å²) in [6.45, 7) is 0.823. The molecule has 3 rings (SSSR count). The molecule has 1 aromatic heterocycles. The Hall–Kier alpha value is -3.16. The van der Waals surface area contributed by atoms with Gasteiger partial charge in [-0.2, -0.15) is 0 Å². The van der Waals surface area contributed by atoms with Crippen LogP contribution in [0.1, 0.15) is 23.2 Å². The average Bonchev–Trinajstić information content (AvgIpc) is 3.01. The van der Waals surface area contributed by atoms with Crippen LogP contribution < -0.4 is 4.74 Å². The number of halogens is 3. The minimum atomic E-state index is -1.02. The lowest BCUT2D eigenvalue weighted by Crippen LogP contribution is -2.05. The topological polar surface area (TPSA) is 65.2 Å². The lowest BCUT2D eigenvalue weighted by molar-refractivity contribution is 0.100. The SMILES string of the molecule is CC(=O)c1c(F)cc(F)cc1OCc1nnc(-c2cccc(F)c2)o1. The van der Waals surface area contributed by atoms with Crippen LogP contribution in [0.2, 0.25) is 0 Å². The summed E-state index contributed by atoms with van der Waals surface area (Å²) in [7, 11) is 0. The minimum Gasteiger partial charge on any atom is -0.483 e. The van der Waals surface area contributed by atoms with E-state index in [0.29, 0.717) is 11.6 Å². The summed E-state index contributed by atoms with van der Waals surface area (Å²) in [4.78, 5) is 11.5. The van der Waals surface area contributed by atoms with Gasteiger partial charge in [0.2, 0.25) is 5.89 Å². The maximum absolute atomic E-state index is 13.7. The molecule has 2 aromatic carbocycles. The molecule has 0 aliphatic heterocycles. The van der Waals surface area contributed by atoms with Gasteiger partial charge in [0.05, 0.1) is 5.56 Å². The Balaban J connectivity index is 1.80. The molecule has 0 N–H and O–H groups in total. The maximum atomic E-state index is 13.7. The second-order valence-electron chi connectivity index (χ2n) is 5.12. The largest absolute Gasteiger partial charge is 0.483 e. The zero-order chi connectivity index (χ0) is 18.0. The van der Waals surface area contributed by atoms with Crippen molar-refractivity contribution in [1.29, 1.82) is 0 Å².